The molecule has 0 aliphatic rings. The van der Waals surface area contributed by atoms with E-state index in [4.69, 9.17) is 25.6 Å². The van der Waals surface area contributed by atoms with Crippen molar-refractivity contribution >= 4 is 23.4 Å². The predicted molar refractivity (Wildman–Crippen MR) is 127 cm³/mol. The van der Waals surface area contributed by atoms with Gasteiger partial charge >= 0.3 is 0 Å². The van der Waals surface area contributed by atoms with E-state index in [1.807, 2.05) is 25.1 Å². The smallest absolute Gasteiger partial charge is 0.257 e. The third-order valence-corrected chi connectivity index (χ3v) is 5.07. The molecule has 1 heterocycles. The summed E-state index contributed by atoms with van der Waals surface area (Å²) in [6, 6.07) is 12.5. The Morgan fingerprint density at radius 3 is 2.59 bits per heavy atom. The van der Waals surface area contributed by atoms with Crippen LogP contribution in [0.4, 0.5) is 0 Å². The quantitative estimate of drug-likeness (QED) is 0.402. The average Bonchev–Trinajstić information content (AvgIpc) is 3.31. The molecule has 0 spiro atoms. The minimum atomic E-state index is -0.206. The molecule has 0 saturated carbocycles. The average molecular weight is 487 g/mol. The first-order valence-electron chi connectivity index (χ1n) is 10.9. The zero-order valence-electron chi connectivity index (χ0n) is 19.1. The highest BCUT2D eigenvalue weighted by Gasteiger charge is 2.11. The fourth-order valence-corrected chi connectivity index (χ4v) is 3.22. The number of amides is 2. The van der Waals surface area contributed by atoms with Crippen LogP contribution in [0.2, 0.25) is 5.02 Å². The molecule has 0 aliphatic heterocycles. The number of carbonyl (C=O) groups excluding carboxylic acids is 2. The lowest BCUT2D eigenvalue weighted by molar-refractivity contribution is -0.123. The van der Waals surface area contributed by atoms with Crippen molar-refractivity contribution in [1.29, 1.82) is 0 Å². The summed E-state index contributed by atoms with van der Waals surface area (Å²) in [5.74, 6) is 1.62. The van der Waals surface area contributed by atoms with Crippen LogP contribution in [0, 0.1) is 0 Å². The minimum absolute atomic E-state index is 0.0898. The Hall–Kier alpha value is -3.59. The summed E-state index contributed by atoms with van der Waals surface area (Å²) in [5, 5.41) is 10.2. The number of ether oxygens (including phenoxy) is 2. The molecule has 34 heavy (non-hydrogen) atoms. The molecule has 0 saturated heterocycles. The molecule has 1 aromatic heterocycles. The van der Waals surface area contributed by atoms with Gasteiger partial charge in [0.05, 0.1) is 7.11 Å². The molecule has 180 valence electrons. The van der Waals surface area contributed by atoms with Gasteiger partial charge in [-0.15, -0.1) is 0 Å². The number of aryl methyl sites for hydroxylation is 1. The first kappa shape index (κ1) is 25.0. The molecule has 0 atom stereocenters. The first-order chi connectivity index (χ1) is 16.5. The largest absolute Gasteiger partial charge is 0.493 e. The Bertz CT molecular complexity index is 1100. The molecule has 2 amide bonds. The number of nitrogens with one attached hydrogen (secondary N) is 2. The van der Waals surface area contributed by atoms with Gasteiger partial charge in [-0.1, -0.05) is 22.8 Å². The van der Waals surface area contributed by atoms with E-state index < -0.39 is 0 Å². The summed E-state index contributed by atoms with van der Waals surface area (Å²) < 4.78 is 16.1. The van der Waals surface area contributed by atoms with E-state index in [0.717, 1.165) is 11.1 Å². The molecular formula is C24H27ClN4O5. The second-order valence-corrected chi connectivity index (χ2v) is 7.81. The molecule has 2 aromatic carbocycles. The number of halogens is 1. The third-order valence-electron chi connectivity index (χ3n) is 4.82. The van der Waals surface area contributed by atoms with E-state index in [0.29, 0.717) is 60.6 Å². The van der Waals surface area contributed by atoms with Gasteiger partial charge in [0.1, 0.15) is 0 Å². The molecule has 2 N–H and O–H groups in total. The van der Waals surface area contributed by atoms with Crippen LogP contribution in [0.15, 0.2) is 47.0 Å². The number of carbonyl (C=O) groups is 2. The second kappa shape index (κ2) is 12.6. The summed E-state index contributed by atoms with van der Waals surface area (Å²) >= 11 is 5.89. The fourth-order valence-electron chi connectivity index (χ4n) is 3.09. The number of hydrogen-bond donors (Lipinski definition) is 2. The summed E-state index contributed by atoms with van der Waals surface area (Å²) in [5.41, 5.74) is 1.66. The van der Waals surface area contributed by atoms with E-state index in [2.05, 4.69) is 20.8 Å². The summed E-state index contributed by atoms with van der Waals surface area (Å²) in [4.78, 5) is 28.2. The topological polar surface area (TPSA) is 116 Å². The van der Waals surface area contributed by atoms with Crippen molar-refractivity contribution in [3.05, 3.63) is 58.9 Å². The van der Waals surface area contributed by atoms with Gasteiger partial charge in [-0.25, -0.2) is 0 Å². The van der Waals surface area contributed by atoms with E-state index >= 15 is 0 Å². The Morgan fingerprint density at radius 1 is 1.06 bits per heavy atom. The van der Waals surface area contributed by atoms with Gasteiger partial charge in [0.15, 0.2) is 18.1 Å². The van der Waals surface area contributed by atoms with Crippen molar-refractivity contribution in [1.82, 2.24) is 20.8 Å². The summed E-state index contributed by atoms with van der Waals surface area (Å²) in [6.45, 7) is 2.62. The van der Waals surface area contributed by atoms with Gasteiger partial charge < -0.3 is 24.6 Å². The number of likely N-dealkylation sites (N-methyl/N-ethyl adjacent to an activating group) is 1. The minimum Gasteiger partial charge on any atom is -0.493 e. The van der Waals surface area contributed by atoms with Crippen molar-refractivity contribution < 1.29 is 23.6 Å². The van der Waals surface area contributed by atoms with Gasteiger partial charge in [-0.3, -0.25) is 9.59 Å². The van der Waals surface area contributed by atoms with Crippen molar-refractivity contribution in [3.63, 3.8) is 0 Å². The molecule has 0 bridgehead atoms. The van der Waals surface area contributed by atoms with E-state index in [9.17, 15) is 9.59 Å². The van der Waals surface area contributed by atoms with Crippen molar-refractivity contribution in [2.75, 3.05) is 20.3 Å². The second-order valence-electron chi connectivity index (χ2n) is 7.38. The van der Waals surface area contributed by atoms with Gasteiger partial charge in [0, 0.05) is 36.5 Å². The number of benzene rings is 2. The van der Waals surface area contributed by atoms with Gasteiger partial charge in [0.2, 0.25) is 17.6 Å². The lowest BCUT2D eigenvalue weighted by atomic mass is 10.2. The molecule has 0 aliphatic carbocycles. The molecule has 0 fully saturated rings. The number of hydrogen-bond acceptors (Lipinski definition) is 7. The highest BCUT2D eigenvalue weighted by Crippen LogP contribution is 2.28. The van der Waals surface area contributed by atoms with Crippen LogP contribution in [0.25, 0.3) is 11.4 Å². The zero-order valence-corrected chi connectivity index (χ0v) is 19.9. The summed E-state index contributed by atoms with van der Waals surface area (Å²) in [6.07, 6.45) is 1.40. The SMILES string of the molecule is CCNC(=O)COc1ccc(CNC(=O)CCCc2nc(-c3ccc(Cl)cc3)no2)cc1OC. The maximum atomic E-state index is 12.2. The van der Waals surface area contributed by atoms with Gasteiger partial charge in [-0.05, 0) is 55.3 Å². The van der Waals surface area contributed by atoms with Crippen LogP contribution in [0.5, 0.6) is 11.5 Å². The Labute approximate surface area is 202 Å². The Morgan fingerprint density at radius 2 is 1.85 bits per heavy atom. The maximum Gasteiger partial charge on any atom is 0.257 e. The lowest BCUT2D eigenvalue weighted by Crippen LogP contribution is -2.28. The van der Waals surface area contributed by atoms with Crippen molar-refractivity contribution in [2.24, 2.45) is 0 Å². The van der Waals surface area contributed by atoms with Crippen LogP contribution in [0.1, 0.15) is 31.2 Å². The Balaban J connectivity index is 1.42. The molecule has 3 aromatic rings. The fraction of sp³-hybridized carbons (Fsp3) is 0.333. The van der Waals surface area contributed by atoms with Crippen LogP contribution < -0.4 is 20.1 Å². The molecule has 10 heteroatoms. The van der Waals surface area contributed by atoms with Crippen LogP contribution >= 0.6 is 11.6 Å². The number of nitrogens with zero attached hydrogens (tertiary/aromatic N) is 2. The van der Waals surface area contributed by atoms with E-state index in [1.54, 1.807) is 24.3 Å². The monoisotopic (exact) mass is 486 g/mol. The lowest BCUT2D eigenvalue weighted by Gasteiger charge is -2.12. The molecular weight excluding hydrogens is 460 g/mol. The molecule has 0 unspecified atom stereocenters. The Kier molecular flexibility index (Phi) is 9.28. The van der Waals surface area contributed by atoms with E-state index in [-0.39, 0.29) is 18.4 Å². The van der Waals surface area contributed by atoms with Crippen LogP contribution in [-0.2, 0) is 22.6 Å². The summed E-state index contributed by atoms with van der Waals surface area (Å²) in [7, 11) is 1.52. The molecule has 9 nitrogen and oxygen atoms in total. The predicted octanol–water partition coefficient (Wildman–Crippen LogP) is 3.55. The highest BCUT2D eigenvalue weighted by atomic mass is 35.5. The number of aromatic nitrogens is 2. The maximum absolute atomic E-state index is 12.2. The first-order valence-corrected chi connectivity index (χ1v) is 11.3. The van der Waals surface area contributed by atoms with Gasteiger partial charge in [0.25, 0.3) is 5.91 Å². The van der Waals surface area contributed by atoms with Crippen LogP contribution in [0.3, 0.4) is 0 Å². The van der Waals surface area contributed by atoms with E-state index in [1.165, 1.54) is 7.11 Å². The standard InChI is InChI=1S/C24H27ClN4O5/c1-3-26-22(31)15-33-19-12-7-16(13-20(19)32-2)14-27-21(30)5-4-6-23-28-24(29-34-23)17-8-10-18(25)11-9-17/h7-13H,3-6,14-15H2,1-2H3,(H,26,31)(H,27,30). The normalized spacial score (nSPS) is 10.6. The molecule has 3 rings (SSSR count). The van der Waals surface area contributed by atoms with Gasteiger partial charge in [-0.2, -0.15) is 4.98 Å². The molecule has 0 radical (unpaired) electrons. The van der Waals surface area contributed by atoms with Crippen molar-refractivity contribution in [3.8, 4) is 22.9 Å². The zero-order chi connectivity index (χ0) is 24.3. The third kappa shape index (κ3) is 7.48. The highest BCUT2D eigenvalue weighted by molar-refractivity contribution is 6.30. The van der Waals surface area contributed by atoms with Crippen LogP contribution in [-0.4, -0.2) is 42.2 Å². The number of methoxy groups -OCH3 is 1. The van der Waals surface area contributed by atoms with Crippen molar-refractivity contribution in [2.45, 2.75) is 32.7 Å². The number of rotatable bonds is 12.